The first-order valence-corrected chi connectivity index (χ1v) is 10.9. The zero-order valence-electron chi connectivity index (χ0n) is 19.0. The standard InChI is InChI=1S/C24H25F2N3O5/c1-4-33-19-8-14-7-13(2)34-20(14)9-15(19)11-27-21(30)12-29-22(31)24(3,28-23(29)32)16-5-6-17(25)18(26)10-16/h5-6,8-10,13H,4,7,11-12H2,1-3H3,(H,27,30)(H,28,32)/t13-,24-/m1/s1. The average Bonchev–Trinajstić information content (AvgIpc) is 3.25. The zero-order valence-corrected chi connectivity index (χ0v) is 19.0. The number of ether oxygens (including phenoxy) is 2. The average molecular weight is 473 g/mol. The molecule has 4 rings (SSSR count). The molecule has 8 nitrogen and oxygen atoms in total. The number of amides is 4. The third-order valence-corrected chi connectivity index (χ3v) is 5.93. The van der Waals surface area contributed by atoms with Crippen molar-refractivity contribution in [1.82, 2.24) is 15.5 Å². The van der Waals surface area contributed by atoms with Crippen LogP contribution in [0.15, 0.2) is 30.3 Å². The highest BCUT2D eigenvalue weighted by atomic mass is 19.2. The number of halogens is 2. The maximum absolute atomic E-state index is 13.7. The fourth-order valence-corrected chi connectivity index (χ4v) is 4.15. The SMILES string of the molecule is CCOc1cc2c(cc1CNC(=O)CN1C(=O)N[C@](C)(c3ccc(F)c(F)c3)C1=O)O[C@H](C)C2. The minimum atomic E-state index is -1.62. The van der Waals surface area contributed by atoms with Gasteiger partial charge in [-0.25, -0.2) is 13.6 Å². The summed E-state index contributed by atoms with van der Waals surface area (Å²) in [4.78, 5) is 38.7. The molecule has 1 saturated heterocycles. The van der Waals surface area contributed by atoms with Crippen molar-refractivity contribution in [1.29, 1.82) is 0 Å². The maximum Gasteiger partial charge on any atom is 0.325 e. The van der Waals surface area contributed by atoms with Gasteiger partial charge in [-0.3, -0.25) is 14.5 Å². The van der Waals surface area contributed by atoms with Crippen LogP contribution in [-0.2, 0) is 28.1 Å². The first-order chi connectivity index (χ1) is 16.1. The molecule has 2 aliphatic rings. The molecule has 0 saturated carbocycles. The smallest absolute Gasteiger partial charge is 0.325 e. The van der Waals surface area contributed by atoms with Gasteiger partial charge in [0, 0.05) is 24.1 Å². The van der Waals surface area contributed by atoms with Crippen molar-refractivity contribution in [2.45, 2.75) is 45.4 Å². The van der Waals surface area contributed by atoms with Crippen LogP contribution < -0.4 is 20.1 Å². The van der Waals surface area contributed by atoms with Gasteiger partial charge in [0.15, 0.2) is 11.6 Å². The summed E-state index contributed by atoms with van der Waals surface area (Å²) in [6, 6.07) is 5.85. The van der Waals surface area contributed by atoms with Gasteiger partial charge in [0.2, 0.25) is 5.91 Å². The topological polar surface area (TPSA) is 97.0 Å². The van der Waals surface area contributed by atoms with Gasteiger partial charge in [0.1, 0.15) is 29.7 Å². The Balaban J connectivity index is 1.44. The van der Waals surface area contributed by atoms with Crippen LogP contribution in [-0.4, -0.2) is 42.0 Å². The predicted molar refractivity (Wildman–Crippen MR) is 117 cm³/mol. The molecule has 2 heterocycles. The normalized spacial score (nSPS) is 21.2. The summed E-state index contributed by atoms with van der Waals surface area (Å²) < 4.78 is 38.5. The highest BCUT2D eigenvalue weighted by Gasteiger charge is 2.49. The van der Waals surface area contributed by atoms with E-state index < -0.39 is 41.6 Å². The largest absolute Gasteiger partial charge is 0.494 e. The number of carbonyl (C=O) groups is 3. The van der Waals surface area contributed by atoms with Crippen LogP contribution in [0.1, 0.15) is 37.5 Å². The monoisotopic (exact) mass is 473 g/mol. The van der Waals surface area contributed by atoms with Crippen LogP contribution in [0, 0.1) is 11.6 Å². The van der Waals surface area contributed by atoms with Crippen molar-refractivity contribution >= 4 is 17.8 Å². The molecule has 0 radical (unpaired) electrons. The predicted octanol–water partition coefficient (Wildman–Crippen LogP) is 2.77. The number of nitrogens with zero attached hydrogens (tertiary/aromatic N) is 1. The number of fused-ring (bicyclic) bond motifs is 1. The van der Waals surface area contributed by atoms with Gasteiger partial charge >= 0.3 is 6.03 Å². The second-order valence-corrected chi connectivity index (χ2v) is 8.49. The van der Waals surface area contributed by atoms with E-state index in [4.69, 9.17) is 9.47 Å². The lowest BCUT2D eigenvalue weighted by Crippen LogP contribution is -2.43. The number of hydrogen-bond donors (Lipinski definition) is 2. The molecule has 0 bridgehead atoms. The summed E-state index contributed by atoms with van der Waals surface area (Å²) in [5.74, 6) is -2.17. The molecule has 2 aromatic carbocycles. The van der Waals surface area contributed by atoms with Gasteiger partial charge in [0.25, 0.3) is 5.91 Å². The minimum Gasteiger partial charge on any atom is -0.494 e. The molecule has 0 aliphatic carbocycles. The second kappa shape index (κ2) is 8.92. The van der Waals surface area contributed by atoms with Crippen LogP contribution in [0.4, 0.5) is 13.6 Å². The molecule has 2 aromatic rings. The van der Waals surface area contributed by atoms with Crippen LogP contribution in [0.5, 0.6) is 11.5 Å². The second-order valence-electron chi connectivity index (χ2n) is 8.49. The van der Waals surface area contributed by atoms with Gasteiger partial charge in [-0.15, -0.1) is 0 Å². The lowest BCUT2D eigenvalue weighted by molar-refractivity contribution is -0.134. The summed E-state index contributed by atoms with van der Waals surface area (Å²) in [5.41, 5.74) is 0.178. The van der Waals surface area contributed by atoms with E-state index in [0.29, 0.717) is 17.9 Å². The molecule has 34 heavy (non-hydrogen) atoms. The third kappa shape index (κ3) is 4.27. The Kier molecular flexibility index (Phi) is 6.16. The maximum atomic E-state index is 13.7. The number of nitrogens with one attached hydrogen (secondary N) is 2. The highest BCUT2D eigenvalue weighted by Crippen LogP contribution is 2.35. The van der Waals surface area contributed by atoms with Crippen LogP contribution >= 0.6 is 0 Å². The molecule has 2 aliphatic heterocycles. The van der Waals surface area contributed by atoms with E-state index in [2.05, 4.69) is 10.6 Å². The van der Waals surface area contributed by atoms with E-state index in [1.54, 1.807) is 0 Å². The van der Waals surface area contributed by atoms with Crippen molar-refractivity contribution in [3.8, 4) is 11.5 Å². The number of rotatable bonds is 7. The molecular formula is C24H25F2N3O5. The van der Waals surface area contributed by atoms with Crippen LogP contribution in [0.2, 0.25) is 0 Å². The number of hydrogen-bond acceptors (Lipinski definition) is 5. The summed E-state index contributed by atoms with van der Waals surface area (Å²) in [5, 5.41) is 5.16. The van der Waals surface area contributed by atoms with Crippen molar-refractivity contribution in [3.05, 3.63) is 58.7 Å². The Morgan fingerprint density at radius 3 is 2.74 bits per heavy atom. The Labute approximate surface area is 195 Å². The molecule has 180 valence electrons. The molecule has 1 fully saturated rings. The number of urea groups is 1. The zero-order chi connectivity index (χ0) is 24.6. The van der Waals surface area contributed by atoms with Crippen LogP contribution in [0.25, 0.3) is 0 Å². The number of benzene rings is 2. The summed E-state index contributed by atoms with van der Waals surface area (Å²) >= 11 is 0. The molecule has 4 amide bonds. The number of carbonyl (C=O) groups excluding carboxylic acids is 3. The quantitative estimate of drug-likeness (QED) is 0.603. The van der Waals surface area contributed by atoms with Crippen molar-refractivity contribution in [3.63, 3.8) is 0 Å². The van der Waals surface area contributed by atoms with Gasteiger partial charge in [-0.05, 0) is 50.6 Å². The first-order valence-electron chi connectivity index (χ1n) is 10.9. The van der Waals surface area contributed by atoms with Crippen molar-refractivity contribution < 1.29 is 32.6 Å². The molecule has 2 N–H and O–H groups in total. The first kappa shape index (κ1) is 23.5. The Bertz CT molecular complexity index is 1170. The lowest BCUT2D eigenvalue weighted by Gasteiger charge is -2.22. The van der Waals surface area contributed by atoms with Gasteiger partial charge in [-0.2, -0.15) is 0 Å². The fraction of sp³-hybridized carbons (Fsp3) is 0.375. The van der Waals surface area contributed by atoms with E-state index in [9.17, 15) is 23.2 Å². The Morgan fingerprint density at radius 2 is 2.03 bits per heavy atom. The summed E-state index contributed by atoms with van der Waals surface area (Å²) in [6.07, 6.45) is 0.822. The highest BCUT2D eigenvalue weighted by molar-refractivity contribution is 6.09. The van der Waals surface area contributed by atoms with E-state index >= 15 is 0 Å². The molecule has 10 heteroatoms. The van der Waals surface area contributed by atoms with Crippen LogP contribution in [0.3, 0.4) is 0 Å². The third-order valence-electron chi connectivity index (χ3n) is 5.93. The Morgan fingerprint density at radius 1 is 1.26 bits per heavy atom. The Hall–Kier alpha value is -3.69. The van der Waals surface area contributed by atoms with Crippen molar-refractivity contribution in [2.75, 3.05) is 13.2 Å². The lowest BCUT2D eigenvalue weighted by atomic mass is 9.92. The van der Waals surface area contributed by atoms with E-state index in [1.807, 2.05) is 26.0 Å². The van der Waals surface area contributed by atoms with E-state index in [1.165, 1.54) is 13.0 Å². The molecule has 0 aromatic heterocycles. The minimum absolute atomic E-state index is 0.0536. The number of imide groups is 1. The van der Waals surface area contributed by atoms with Gasteiger partial charge in [-0.1, -0.05) is 6.07 Å². The van der Waals surface area contributed by atoms with E-state index in [-0.39, 0.29) is 18.2 Å². The molecular weight excluding hydrogens is 448 g/mol. The van der Waals surface area contributed by atoms with E-state index in [0.717, 1.165) is 34.8 Å². The van der Waals surface area contributed by atoms with Gasteiger partial charge in [0.05, 0.1) is 6.61 Å². The molecule has 0 spiro atoms. The molecule has 0 unspecified atom stereocenters. The van der Waals surface area contributed by atoms with Crippen molar-refractivity contribution in [2.24, 2.45) is 0 Å². The summed E-state index contributed by atoms with van der Waals surface area (Å²) in [6.45, 7) is 5.21. The van der Waals surface area contributed by atoms with Gasteiger partial charge < -0.3 is 20.1 Å². The fourth-order valence-electron chi connectivity index (χ4n) is 4.15. The molecule has 2 atom stereocenters. The summed E-state index contributed by atoms with van der Waals surface area (Å²) in [7, 11) is 0.